The van der Waals surface area contributed by atoms with Crippen LogP contribution in [0, 0.1) is 0 Å². The highest BCUT2D eigenvalue weighted by Gasteiger charge is 2.13. The van der Waals surface area contributed by atoms with E-state index in [9.17, 15) is 0 Å². The molecule has 0 aromatic heterocycles. The van der Waals surface area contributed by atoms with Gasteiger partial charge in [0.1, 0.15) is 0 Å². The van der Waals surface area contributed by atoms with Crippen LogP contribution in [0.15, 0.2) is 0 Å². The molecule has 27 heavy (non-hydrogen) atoms. The quantitative estimate of drug-likeness (QED) is 0.154. The molecule has 0 saturated carbocycles. The van der Waals surface area contributed by atoms with Gasteiger partial charge in [0.15, 0.2) is 0 Å². The first kappa shape index (κ1) is 26.9. The SMILES string of the molecule is CCCCCCCCOCCC[N+](C)(C)CCCOCCCCCCCC. The Kier molecular flexibility index (Phi) is 20.5. The van der Waals surface area contributed by atoms with Crippen LogP contribution in [0.4, 0.5) is 0 Å². The summed E-state index contributed by atoms with van der Waals surface area (Å²) < 4.78 is 12.7. The minimum absolute atomic E-state index is 0.922. The third-order valence-electron chi connectivity index (χ3n) is 5.39. The smallest absolute Gasteiger partial charge is 0.0804 e. The van der Waals surface area contributed by atoms with Gasteiger partial charge in [-0.05, 0) is 12.8 Å². The maximum absolute atomic E-state index is 5.81. The van der Waals surface area contributed by atoms with E-state index in [4.69, 9.17) is 9.47 Å². The van der Waals surface area contributed by atoms with Crippen molar-refractivity contribution in [1.29, 1.82) is 0 Å². The Morgan fingerprint density at radius 1 is 0.444 bits per heavy atom. The van der Waals surface area contributed by atoms with E-state index >= 15 is 0 Å². The van der Waals surface area contributed by atoms with E-state index in [1.807, 2.05) is 0 Å². The second-order valence-electron chi connectivity index (χ2n) is 8.85. The molecule has 0 aliphatic rings. The third kappa shape index (κ3) is 22.0. The lowest BCUT2D eigenvalue weighted by atomic mass is 10.1. The van der Waals surface area contributed by atoms with Gasteiger partial charge in [-0.1, -0.05) is 78.1 Å². The van der Waals surface area contributed by atoms with E-state index in [0.717, 1.165) is 30.9 Å². The second-order valence-corrected chi connectivity index (χ2v) is 8.85. The molecule has 0 aliphatic heterocycles. The number of hydrogen-bond acceptors (Lipinski definition) is 2. The fourth-order valence-corrected chi connectivity index (χ4v) is 3.47. The largest absolute Gasteiger partial charge is 0.381 e. The van der Waals surface area contributed by atoms with Gasteiger partial charge in [0, 0.05) is 26.1 Å². The van der Waals surface area contributed by atoms with Crippen LogP contribution >= 0.6 is 0 Å². The summed E-state index contributed by atoms with van der Waals surface area (Å²) in [6.45, 7) is 10.7. The summed E-state index contributed by atoms with van der Waals surface area (Å²) in [7, 11) is 4.67. The topological polar surface area (TPSA) is 18.5 Å². The van der Waals surface area contributed by atoms with E-state index in [0.29, 0.717) is 0 Å². The van der Waals surface area contributed by atoms with Gasteiger partial charge in [-0.2, -0.15) is 0 Å². The van der Waals surface area contributed by atoms with Crippen molar-refractivity contribution in [3.63, 3.8) is 0 Å². The van der Waals surface area contributed by atoms with Crippen molar-refractivity contribution in [3.05, 3.63) is 0 Å². The van der Waals surface area contributed by atoms with Crippen molar-refractivity contribution in [1.82, 2.24) is 0 Å². The summed E-state index contributed by atoms with van der Waals surface area (Å²) in [6.07, 6.45) is 18.4. The minimum atomic E-state index is 0.922. The van der Waals surface area contributed by atoms with Crippen molar-refractivity contribution in [3.8, 4) is 0 Å². The molecular formula is C24H52NO2+. The fraction of sp³-hybridized carbons (Fsp3) is 1.00. The van der Waals surface area contributed by atoms with Crippen LogP contribution in [0.5, 0.6) is 0 Å². The van der Waals surface area contributed by atoms with Gasteiger partial charge in [-0.3, -0.25) is 0 Å². The highest BCUT2D eigenvalue weighted by atomic mass is 16.5. The molecular weight excluding hydrogens is 334 g/mol. The molecule has 0 amide bonds. The van der Waals surface area contributed by atoms with Gasteiger partial charge in [0.2, 0.25) is 0 Å². The fourth-order valence-electron chi connectivity index (χ4n) is 3.47. The molecule has 0 unspecified atom stereocenters. The lowest BCUT2D eigenvalue weighted by Gasteiger charge is -2.29. The summed E-state index contributed by atoms with van der Waals surface area (Å²) in [4.78, 5) is 0. The van der Waals surface area contributed by atoms with E-state index in [1.54, 1.807) is 0 Å². The number of quaternary nitrogens is 1. The molecule has 0 aromatic carbocycles. The number of hydrogen-bond donors (Lipinski definition) is 0. The average Bonchev–Trinajstić information content (AvgIpc) is 2.64. The first-order chi connectivity index (χ1) is 13.1. The lowest BCUT2D eigenvalue weighted by Crippen LogP contribution is -2.42. The molecule has 0 aromatic rings. The summed E-state index contributed by atoms with van der Waals surface area (Å²) in [6, 6.07) is 0. The molecule has 0 atom stereocenters. The average molecular weight is 387 g/mol. The van der Waals surface area contributed by atoms with Crippen molar-refractivity contribution in [2.45, 2.75) is 104 Å². The van der Waals surface area contributed by atoms with Crippen LogP contribution in [0.2, 0.25) is 0 Å². The van der Waals surface area contributed by atoms with Gasteiger partial charge in [-0.25, -0.2) is 0 Å². The predicted molar refractivity (Wildman–Crippen MR) is 119 cm³/mol. The monoisotopic (exact) mass is 386 g/mol. The molecule has 0 fully saturated rings. The minimum Gasteiger partial charge on any atom is -0.381 e. The Balaban J connectivity index is 3.31. The number of nitrogens with zero attached hydrogens (tertiary/aromatic N) is 1. The Hall–Kier alpha value is -0.120. The molecule has 0 heterocycles. The zero-order chi connectivity index (χ0) is 20.1. The maximum atomic E-state index is 5.81. The Morgan fingerprint density at radius 2 is 0.778 bits per heavy atom. The Morgan fingerprint density at radius 3 is 1.19 bits per heavy atom. The number of rotatable bonds is 22. The van der Waals surface area contributed by atoms with E-state index < -0.39 is 0 Å². The van der Waals surface area contributed by atoms with E-state index in [2.05, 4.69) is 27.9 Å². The van der Waals surface area contributed by atoms with Gasteiger partial charge in [0.05, 0.1) is 40.4 Å². The molecule has 0 radical (unpaired) electrons. The van der Waals surface area contributed by atoms with Crippen LogP contribution in [-0.4, -0.2) is 58.1 Å². The molecule has 0 aliphatic carbocycles. The summed E-state index contributed by atoms with van der Waals surface area (Å²) >= 11 is 0. The van der Waals surface area contributed by atoms with Crippen molar-refractivity contribution < 1.29 is 14.0 Å². The lowest BCUT2D eigenvalue weighted by molar-refractivity contribution is -0.890. The molecule has 0 rings (SSSR count). The number of unbranched alkanes of at least 4 members (excludes halogenated alkanes) is 10. The van der Waals surface area contributed by atoms with Gasteiger partial charge in [-0.15, -0.1) is 0 Å². The standard InChI is InChI=1S/C24H52NO2/c1-5-7-9-11-13-15-21-26-23-17-19-25(3,4)20-18-24-27-22-16-14-12-10-8-6-2/h5-24H2,1-4H3/q+1. The molecule has 164 valence electrons. The molecule has 3 heteroatoms. The van der Waals surface area contributed by atoms with Crippen molar-refractivity contribution in [2.75, 3.05) is 53.6 Å². The first-order valence-corrected chi connectivity index (χ1v) is 12.1. The molecule has 0 N–H and O–H groups in total. The Bertz CT molecular complexity index is 256. The molecule has 0 spiro atoms. The summed E-state index contributed by atoms with van der Waals surface area (Å²) in [5.74, 6) is 0. The Labute approximate surface area is 171 Å². The third-order valence-corrected chi connectivity index (χ3v) is 5.39. The van der Waals surface area contributed by atoms with Crippen LogP contribution in [0.3, 0.4) is 0 Å². The van der Waals surface area contributed by atoms with Gasteiger partial charge >= 0.3 is 0 Å². The van der Waals surface area contributed by atoms with Crippen molar-refractivity contribution >= 4 is 0 Å². The predicted octanol–water partition coefficient (Wildman–Crippen LogP) is 6.60. The van der Waals surface area contributed by atoms with Crippen LogP contribution in [0.25, 0.3) is 0 Å². The van der Waals surface area contributed by atoms with E-state index in [-0.39, 0.29) is 0 Å². The molecule has 0 bridgehead atoms. The van der Waals surface area contributed by atoms with Crippen LogP contribution in [0.1, 0.15) is 104 Å². The zero-order valence-electron chi connectivity index (χ0n) is 19.4. The van der Waals surface area contributed by atoms with Crippen LogP contribution < -0.4 is 0 Å². The van der Waals surface area contributed by atoms with Crippen molar-refractivity contribution in [2.24, 2.45) is 0 Å². The zero-order valence-corrected chi connectivity index (χ0v) is 19.4. The first-order valence-electron chi connectivity index (χ1n) is 12.1. The molecule has 3 nitrogen and oxygen atoms in total. The van der Waals surface area contributed by atoms with E-state index in [1.165, 1.54) is 103 Å². The molecule has 0 saturated heterocycles. The summed E-state index contributed by atoms with van der Waals surface area (Å²) in [5.41, 5.74) is 0. The highest BCUT2D eigenvalue weighted by molar-refractivity contribution is 4.46. The van der Waals surface area contributed by atoms with Gasteiger partial charge in [0.25, 0.3) is 0 Å². The highest BCUT2D eigenvalue weighted by Crippen LogP contribution is 2.07. The van der Waals surface area contributed by atoms with Gasteiger partial charge < -0.3 is 14.0 Å². The maximum Gasteiger partial charge on any atom is 0.0804 e. The second kappa shape index (κ2) is 20.6. The number of ether oxygens (including phenoxy) is 2. The van der Waals surface area contributed by atoms with Crippen LogP contribution in [-0.2, 0) is 9.47 Å². The normalized spacial score (nSPS) is 12.0. The summed E-state index contributed by atoms with van der Waals surface area (Å²) in [5, 5.41) is 0.